The van der Waals surface area contributed by atoms with Crippen LogP contribution in [0.5, 0.6) is 46.0 Å². The normalized spacial score (nSPS) is 21.7. The molecular weight excluding hydrogens is 1280 g/mol. The molecule has 8 bridgehead atoms. The fourth-order valence-corrected chi connectivity index (χ4v) is 13.7. The van der Waals surface area contributed by atoms with E-state index in [1.54, 1.807) is 0 Å². The molecular formula is C80H120O20. The zero-order valence-corrected chi connectivity index (χ0v) is 61.0. The summed E-state index contributed by atoms with van der Waals surface area (Å²) in [6.07, 6.45) is 14.9. The van der Waals surface area contributed by atoms with E-state index in [4.69, 9.17) is 94.7 Å². The average molecular weight is 1400 g/mol. The van der Waals surface area contributed by atoms with E-state index in [1.165, 1.54) is 0 Å². The number of ether oxygens (including phenoxy) is 20. The summed E-state index contributed by atoms with van der Waals surface area (Å²) in [5.41, 5.74) is 8.12. The lowest BCUT2D eigenvalue weighted by molar-refractivity contribution is 0.00402. The molecule has 4 aliphatic heterocycles. The molecule has 560 valence electrons. The van der Waals surface area contributed by atoms with Gasteiger partial charge in [-0.2, -0.15) is 0 Å². The van der Waals surface area contributed by atoms with E-state index >= 15 is 0 Å². The standard InChI is InChI=1S/C80H120O20/c1-5-9-13-17-61-65-53-67-62(18-14-10-6-2)69-55-71-64(20-16-12-8-4)72-56-70-63(19-15-11-7-3)68-54-66(61)74-58-76(68)96-48-40-88-32-24-83-26-34-90-42-50-98-78(70)60-80(72)100-52-44-92-36-28-84-27-35-91-43-51-99-79(71)59-77(69)97-49-41-89-33-25-82-23-31-87-39-47-95-75(67)57-73(65)93-45-37-85-29-21-81-22-30-86-38-46-94-74/h53-64H,5-52H2,1-4H3. The zero-order valence-electron chi connectivity index (χ0n) is 61.0. The van der Waals surface area contributed by atoms with Gasteiger partial charge in [-0.1, -0.05) is 105 Å². The fraction of sp³-hybridized carbons (Fsp3) is 0.700. The van der Waals surface area contributed by atoms with Gasteiger partial charge in [0.15, 0.2) is 0 Å². The van der Waals surface area contributed by atoms with Gasteiger partial charge in [-0.25, -0.2) is 0 Å². The Bertz CT molecular complexity index is 2360. The molecule has 0 amide bonds. The van der Waals surface area contributed by atoms with Crippen LogP contribution in [0.2, 0.25) is 0 Å². The van der Waals surface area contributed by atoms with Gasteiger partial charge in [0, 0.05) is 92.4 Å². The van der Waals surface area contributed by atoms with E-state index in [-0.39, 0.29) is 76.5 Å². The molecule has 9 rings (SSSR count). The Morgan fingerprint density at radius 1 is 0.180 bits per heavy atom. The van der Waals surface area contributed by atoms with Crippen molar-refractivity contribution in [2.75, 3.05) is 211 Å². The van der Waals surface area contributed by atoms with E-state index in [9.17, 15) is 0 Å². The zero-order chi connectivity index (χ0) is 69.3. The maximum absolute atomic E-state index is 7.22. The molecule has 0 unspecified atom stereocenters. The van der Waals surface area contributed by atoms with Crippen molar-refractivity contribution in [1.82, 2.24) is 0 Å². The molecule has 0 atom stereocenters. The summed E-state index contributed by atoms with van der Waals surface area (Å²) in [6, 6.07) is 18.2. The molecule has 0 saturated carbocycles. The second-order valence-corrected chi connectivity index (χ2v) is 26.0. The van der Waals surface area contributed by atoms with Crippen LogP contribution in [0.1, 0.15) is 199 Å². The van der Waals surface area contributed by atoms with Crippen LogP contribution in [-0.4, -0.2) is 211 Å². The van der Waals surface area contributed by atoms with Gasteiger partial charge >= 0.3 is 0 Å². The van der Waals surface area contributed by atoms with Crippen molar-refractivity contribution in [3.63, 3.8) is 0 Å². The van der Waals surface area contributed by atoms with Gasteiger partial charge in [-0.3, -0.25) is 0 Å². The molecule has 1 aliphatic carbocycles. The van der Waals surface area contributed by atoms with E-state index in [2.05, 4.69) is 76.2 Å². The van der Waals surface area contributed by atoms with Crippen LogP contribution in [-0.2, 0) is 56.8 Å². The predicted molar refractivity (Wildman–Crippen MR) is 383 cm³/mol. The van der Waals surface area contributed by atoms with Gasteiger partial charge in [-0.05, 0) is 49.9 Å². The monoisotopic (exact) mass is 1400 g/mol. The van der Waals surface area contributed by atoms with E-state index in [0.717, 1.165) is 147 Å². The highest BCUT2D eigenvalue weighted by Gasteiger charge is 2.36. The Morgan fingerprint density at radius 2 is 0.310 bits per heavy atom. The lowest BCUT2D eigenvalue weighted by Gasteiger charge is -2.32. The average Bonchev–Trinajstić information content (AvgIpc) is 0.750. The van der Waals surface area contributed by atoms with Crippen LogP contribution in [0.4, 0.5) is 0 Å². The predicted octanol–water partition coefficient (Wildman–Crippen LogP) is 14.1. The summed E-state index contributed by atoms with van der Waals surface area (Å²) in [7, 11) is 0. The lowest BCUT2D eigenvalue weighted by Crippen LogP contribution is -2.20. The molecule has 0 aromatic heterocycles. The van der Waals surface area contributed by atoms with Crippen molar-refractivity contribution in [2.24, 2.45) is 0 Å². The van der Waals surface area contributed by atoms with Crippen molar-refractivity contribution in [2.45, 2.75) is 154 Å². The van der Waals surface area contributed by atoms with Crippen LogP contribution in [0.15, 0.2) is 48.5 Å². The van der Waals surface area contributed by atoms with Crippen LogP contribution in [0.3, 0.4) is 0 Å². The first kappa shape index (κ1) is 78.9. The first-order chi connectivity index (χ1) is 49.6. The molecule has 4 aromatic rings. The molecule has 4 heterocycles. The summed E-state index contributed by atoms with van der Waals surface area (Å²) >= 11 is 0. The molecule has 0 saturated heterocycles. The highest BCUT2D eigenvalue weighted by molar-refractivity contribution is 5.63. The van der Waals surface area contributed by atoms with Crippen LogP contribution >= 0.6 is 0 Å². The molecule has 0 radical (unpaired) electrons. The topological polar surface area (TPSA) is 185 Å². The number of rotatable bonds is 16. The van der Waals surface area contributed by atoms with Crippen molar-refractivity contribution < 1.29 is 94.7 Å². The fourth-order valence-electron chi connectivity index (χ4n) is 13.7. The Hall–Kier alpha value is -5.20. The smallest absolute Gasteiger partial charge is 0.126 e. The summed E-state index contributed by atoms with van der Waals surface area (Å²) < 4.78 is 132. The molecule has 5 aliphatic rings. The Kier molecular flexibility index (Phi) is 37.3. The largest absolute Gasteiger partial charge is 0.491 e. The third kappa shape index (κ3) is 25.6. The third-order valence-corrected chi connectivity index (χ3v) is 18.8. The van der Waals surface area contributed by atoms with Gasteiger partial charge in [0.25, 0.3) is 0 Å². The van der Waals surface area contributed by atoms with Crippen LogP contribution in [0.25, 0.3) is 0 Å². The highest BCUT2D eigenvalue weighted by atomic mass is 16.6. The quantitative estimate of drug-likeness (QED) is 0.0964. The van der Waals surface area contributed by atoms with Gasteiger partial charge < -0.3 is 94.7 Å². The van der Waals surface area contributed by atoms with Crippen molar-refractivity contribution >= 4 is 0 Å². The van der Waals surface area contributed by atoms with Gasteiger partial charge in [0.2, 0.25) is 0 Å². The third-order valence-electron chi connectivity index (χ3n) is 18.8. The van der Waals surface area contributed by atoms with E-state index in [1.807, 2.05) is 0 Å². The molecule has 20 heteroatoms. The summed E-state index contributed by atoms with van der Waals surface area (Å²) in [4.78, 5) is 0. The summed E-state index contributed by atoms with van der Waals surface area (Å²) in [5, 5.41) is 0. The maximum Gasteiger partial charge on any atom is 0.126 e. The minimum Gasteiger partial charge on any atom is -0.491 e. The Morgan fingerprint density at radius 3 is 0.440 bits per heavy atom. The van der Waals surface area contributed by atoms with Gasteiger partial charge in [0.05, 0.1) is 159 Å². The molecule has 0 N–H and O–H groups in total. The van der Waals surface area contributed by atoms with Gasteiger partial charge in [-0.15, -0.1) is 0 Å². The SMILES string of the molecule is CCCCCC1c2cc3c4cc2OCCOCCOCCOCCOc2cc5c(cc21)C(CCCCC)c1cc2c(cc1OCCOCCOCCOCCO5)OCCOCCOCCOCCOc1cc(c(cc1C2CCCCC)C3CCCCC)OCCOCCOCCOCCO4. The number of hydrogen-bond acceptors (Lipinski definition) is 20. The maximum atomic E-state index is 7.22. The van der Waals surface area contributed by atoms with Crippen LogP contribution < -0.4 is 37.9 Å². The Balaban J connectivity index is 1.45. The number of benzene rings is 4. The number of unbranched alkanes of at least 4 members (excludes halogenated alkanes) is 8. The second-order valence-electron chi connectivity index (χ2n) is 26.0. The van der Waals surface area contributed by atoms with Crippen molar-refractivity contribution in [1.29, 1.82) is 0 Å². The minimum atomic E-state index is -0.285. The van der Waals surface area contributed by atoms with E-state index < -0.39 is 0 Å². The highest BCUT2D eigenvalue weighted by Crippen LogP contribution is 2.54. The Labute approximate surface area is 596 Å². The van der Waals surface area contributed by atoms with Crippen LogP contribution in [0, 0.1) is 0 Å². The van der Waals surface area contributed by atoms with Crippen molar-refractivity contribution in [3.8, 4) is 46.0 Å². The minimum absolute atomic E-state index is 0.278. The number of hydrogen-bond donors (Lipinski definition) is 0. The molecule has 20 nitrogen and oxygen atoms in total. The first-order valence-corrected chi connectivity index (χ1v) is 38.3. The molecule has 4 aromatic carbocycles. The molecule has 100 heavy (non-hydrogen) atoms. The summed E-state index contributed by atoms with van der Waals surface area (Å²) in [5.74, 6) is 4.48. The van der Waals surface area contributed by atoms with Gasteiger partial charge in [0.1, 0.15) is 98.9 Å². The lowest BCUT2D eigenvalue weighted by atomic mass is 9.76. The van der Waals surface area contributed by atoms with Crippen molar-refractivity contribution in [3.05, 3.63) is 93.0 Å². The summed E-state index contributed by atoms with van der Waals surface area (Å²) in [6.45, 7) is 20.7. The second kappa shape index (κ2) is 47.2. The van der Waals surface area contributed by atoms with E-state index in [0.29, 0.717) is 205 Å². The molecule has 0 fully saturated rings. The first-order valence-electron chi connectivity index (χ1n) is 38.3. The molecule has 0 spiro atoms.